The molecule has 22 heavy (non-hydrogen) atoms. The number of carbonyl (C=O) groups is 1. The molecule has 0 radical (unpaired) electrons. The van der Waals surface area contributed by atoms with E-state index in [-0.39, 0.29) is 17.6 Å². The summed E-state index contributed by atoms with van der Waals surface area (Å²) in [7, 11) is 0. The highest BCUT2D eigenvalue weighted by Crippen LogP contribution is 2.32. The Balaban J connectivity index is 2.39. The number of ketones is 1. The van der Waals surface area contributed by atoms with E-state index in [1.807, 2.05) is 24.3 Å². The minimum atomic E-state index is -0.122. The fourth-order valence-corrected chi connectivity index (χ4v) is 4.16. The molecule has 0 heterocycles. The fraction of sp³-hybridized carbons (Fsp3) is 0.316. The molecule has 116 valence electrons. The second-order valence-corrected chi connectivity index (χ2v) is 6.82. The fourth-order valence-electron chi connectivity index (χ4n) is 2.82. The van der Waals surface area contributed by atoms with Crippen LogP contribution in [-0.2, 0) is 4.79 Å². The maximum absolute atomic E-state index is 13.2. The van der Waals surface area contributed by atoms with Crippen LogP contribution in [0.5, 0.6) is 0 Å². The molecular formula is C19H20Br2O. The number of halogens is 2. The minimum Gasteiger partial charge on any atom is -0.298 e. The summed E-state index contributed by atoms with van der Waals surface area (Å²) in [5.41, 5.74) is 4.56. The van der Waals surface area contributed by atoms with Crippen LogP contribution in [0.25, 0.3) is 0 Å². The molecule has 3 heteroatoms. The largest absolute Gasteiger partial charge is 0.298 e. The quantitative estimate of drug-likeness (QED) is 0.558. The lowest BCUT2D eigenvalue weighted by molar-refractivity contribution is -0.121. The Labute approximate surface area is 149 Å². The van der Waals surface area contributed by atoms with Crippen LogP contribution in [0, 0.1) is 13.8 Å². The minimum absolute atomic E-state index is 0.122. The van der Waals surface area contributed by atoms with Crippen molar-refractivity contribution in [1.29, 1.82) is 0 Å². The lowest BCUT2D eigenvalue weighted by Gasteiger charge is -2.23. The molecule has 2 aromatic carbocycles. The maximum atomic E-state index is 13.2. The van der Waals surface area contributed by atoms with Gasteiger partial charge in [0, 0.05) is 10.7 Å². The normalized spacial score (nSPS) is 13.6. The zero-order valence-corrected chi connectivity index (χ0v) is 16.0. The molecule has 2 rings (SSSR count). The van der Waals surface area contributed by atoms with Crippen LogP contribution in [0.4, 0.5) is 0 Å². The van der Waals surface area contributed by atoms with Crippen LogP contribution in [0.2, 0.25) is 0 Å². The van der Waals surface area contributed by atoms with E-state index in [2.05, 4.69) is 70.0 Å². The molecule has 2 atom stereocenters. The van der Waals surface area contributed by atoms with Crippen molar-refractivity contribution >= 4 is 37.6 Å². The van der Waals surface area contributed by atoms with Crippen LogP contribution >= 0.6 is 31.9 Å². The second-order valence-electron chi connectivity index (χ2n) is 5.53. The van der Waals surface area contributed by atoms with Crippen LogP contribution in [0.15, 0.2) is 48.5 Å². The molecule has 0 fully saturated rings. The van der Waals surface area contributed by atoms with E-state index < -0.39 is 0 Å². The van der Waals surface area contributed by atoms with Gasteiger partial charge in [-0.1, -0.05) is 80.4 Å². The van der Waals surface area contributed by atoms with Gasteiger partial charge in [0.05, 0.1) is 11.8 Å². The van der Waals surface area contributed by atoms with Crippen LogP contribution in [-0.4, -0.2) is 16.4 Å². The van der Waals surface area contributed by atoms with Crippen molar-refractivity contribution in [2.75, 3.05) is 10.7 Å². The SMILES string of the molecule is Cc1ccccc1C(CBr)C(=O)C(CBr)c1ccccc1C. The van der Waals surface area contributed by atoms with E-state index in [4.69, 9.17) is 0 Å². The summed E-state index contributed by atoms with van der Waals surface area (Å²) < 4.78 is 0. The third kappa shape index (κ3) is 3.69. The predicted octanol–water partition coefficient (Wildman–Crippen LogP) is 5.53. The van der Waals surface area contributed by atoms with Crippen molar-refractivity contribution in [3.05, 3.63) is 70.8 Å². The van der Waals surface area contributed by atoms with Crippen LogP contribution in [0.3, 0.4) is 0 Å². The van der Waals surface area contributed by atoms with Gasteiger partial charge in [-0.25, -0.2) is 0 Å². The zero-order chi connectivity index (χ0) is 16.1. The van der Waals surface area contributed by atoms with Gasteiger partial charge in [0.25, 0.3) is 0 Å². The Morgan fingerprint density at radius 3 is 1.50 bits per heavy atom. The third-order valence-corrected chi connectivity index (χ3v) is 5.42. The average molecular weight is 424 g/mol. The Bertz CT molecular complexity index is 596. The van der Waals surface area contributed by atoms with Gasteiger partial charge >= 0.3 is 0 Å². The standard InChI is InChI=1S/C19H20Br2O/c1-13-7-3-5-9-15(13)17(11-20)19(22)18(12-21)16-10-6-4-8-14(16)2/h3-10,17-18H,11-12H2,1-2H3. The highest BCUT2D eigenvalue weighted by molar-refractivity contribution is 9.09. The first-order chi connectivity index (χ1) is 10.6. The van der Waals surface area contributed by atoms with E-state index in [9.17, 15) is 4.79 Å². The van der Waals surface area contributed by atoms with Crippen molar-refractivity contribution in [2.24, 2.45) is 0 Å². The number of hydrogen-bond donors (Lipinski definition) is 0. The molecule has 1 nitrogen and oxygen atoms in total. The van der Waals surface area contributed by atoms with Crippen LogP contribution < -0.4 is 0 Å². The van der Waals surface area contributed by atoms with Crippen molar-refractivity contribution in [2.45, 2.75) is 25.7 Å². The number of alkyl halides is 2. The molecule has 0 amide bonds. The van der Waals surface area contributed by atoms with E-state index in [0.29, 0.717) is 10.7 Å². The summed E-state index contributed by atoms with van der Waals surface area (Å²) in [4.78, 5) is 13.2. The molecule has 0 N–H and O–H groups in total. The van der Waals surface area contributed by atoms with Gasteiger partial charge in [-0.2, -0.15) is 0 Å². The predicted molar refractivity (Wildman–Crippen MR) is 100 cm³/mol. The molecule has 0 bridgehead atoms. The Morgan fingerprint density at radius 2 is 1.18 bits per heavy atom. The molecule has 0 aliphatic rings. The Kier molecular flexibility index (Phi) is 6.39. The lowest BCUT2D eigenvalue weighted by Crippen LogP contribution is -2.24. The summed E-state index contributed by atoms with van der Waals surface area (Å²) in [6.07, 6.45) is 0. The number of Topliss-reactive ketones (excluding diaryl/α,β-unsaturated/α-hetero) is 1. The smallest absolute Gasteiger partial charge is 0.149 e. The van der Waals surface area contributed by atoms with E-state index in [1.165, 1.54) is 11.1 Å². The summed E-state index contributed by atoms with van der Waals surface area (Å²) in [5.74, 6) is 0.0177. The summed E-state index contributed by atoms with van der Waals surface area (Å²) in [6, 6.07) is 16.3. The summed E-state index contributed by atoms with van der Waals surface area (Å²) in [5, 5.41) is 1.29. The molecule has 0 saturated carbocycles. The molecule has 0 aliphatic heterocycles. The van der Waals surface area contributed by atoms with E-state index >= 15 is 0 Å². The highest BCUT2D eigenvalue weighted by Gasteiger charge is 2.29. The van der Waals surface area contributed by atoms with E-state index in [0.717, 1.165) is 11.1 Å². The molecular weight excluding hydrogens is 404 g/mol. The van der Waals surface area contributed by atoms with Crippen molar-refractivity contribution in [1.82, 2.24) is 0 Å². The number of hydrogen-bond acceptors (Lipinski definition) is 1. The Morgan fingerprint density at radius 1 is 0.818 bits per heavy atom. The number of carbonyl (C=O) groups excluding carboxylic acids is 1. The first-order valence-electron chi connectivity index (χ1n) is 7.36. The van der Waals surface area contributed by atoms with Gasteiger partial charge in [-0.05, 0) is 36.1 Å². The summed E-state index contributed by atoms with van der Waals surface area (Å²) >= 11 is 7.08. The van der Waals surface area contributed by atoms with Crippen molar-refractivity contribution in [3.8, 4) is 0 Å². The highest BCUT2D eigenvalue weighted by atomic mass is 79.9. The molecule has 0 saturated heterocycles. The lowest BCUT2D eigenvalue weighted by atomic mass is 9.83. The zero-order valence-electron chi connectivity index (χ0n) is 12.9. The number of aryl methyl sites for hydroxylation is 2. The third-order valence-electron chi connectivity index (χ3n) is 4.12. The monoisotopic (exact) mass is 422 g/mol. The van der Waals surface area contributed by atoms with Crippen LogP contribution in [0.1, 0.15) is 34.1 Å². The number of benzene rings is 2. The van der Waals surface area contributed by atoms with Crippen molar-refractivity contribution < 1.29 is 4.79 Å². The van der Waals surface area contributed by atoms with Gasteiger partial charge in [-0.3, -0.25) is 4.79 Å². The van der Waals surface area contributed by atoms with Gasteiger partial charge in [-0.15, -0.1) is 0 Å². The molecule has 2 aromatic rings. The first kappa shape index (κ1) is 17.4. The number of rotatable bonds is 6. The topological polar surface area (TPSA) is 17.1 Å². The molecule has 0 aromatic heterocycles. The van der Waals surface area contributed by atoms with Gasteiger partial charge < -0.3 is 0 Å². The molecule has 2 unspecified atom stereocenters. The average Bonchev–Trinajstić information content (AvgIpc) is 2.52. The second kappa shape index (κ2) is 8.07. The van der Waals surface area contributed by atoms with Crippen molar-refractivity contribution in [3.63, 3.8) is 0 Å². The van der Waals surface area contributed by atoms with Gasteiger partial charge in [0.15, 0.2) is 0 Å². The summed E-state index contributed by atoms with van der Waals surface area (Å²) in [6.45, 7) is 4.13. The molecule has 0 aliphatic carbocycles. The van der Waals surface area contributed by atoms with Gasteiger partial charge in [0.1, 0.15) is 5.78 Å². The van der Waals surface area contributed by atoms with Gasteiger partial charge in [0.2, 0.25) is 0 Å². The first-order valence-corrected chi connectivity index (χ1v) is 9.61. The molecule has 0 spiro atoms. The van der Waals surface area contributed by atoms with E-state index in [1.54, 1.807) is 0 Å². The maximum Gasteiger partial charge on any atom is 0.149 e. The Hall–Kier alpha value is -0.930.